The van der Waals surface area contributed by atoms with Crippen molar-refractivity contribution in [2.75, 3.05) is 0 Å². The van der Waals surface area contributed by atoms with Crippen molar-refractivity contribution < 1.29 is 0 Å². The molecule has 0 saturated carbocycles. The van der Waals surface area contributed by atoms with E-state index in [1.165, 1.54) is 77.0 Å². The molecule has 178 valence electrons. The van der Waals surface area contributed by atoms with Crippen LogP contribution in [0.2, 0.25) is 0 Å². The lowest BCUT2D eigenvalue weighted by Gasteiger charge is -2.16. The van der Waals surface area contributed by atoms with Crippen LogP contribution in [0.4, 0.5) is 0 Å². The molecule has 2 rings (SSSR count). The van der Waals surface area contributed by atoms with E-state index in [1.807, 2.05) is 0 Å². The monoisotopic (exact) mass is 470 g/mol. The highest BCUT2D eigenvalue weighted by Gasteiger charge is 2.11. The molecule has 32 heavy (non-hydrogen) atoms. The fourth-order valence-corrected chi connectivity index (χ4v) is 6.63. The Morgan fingerprint density at radius 3 is 1.19 bits per heavy atom. The van der Waals surface area contributed by atoms with Crippen LogP contribution in [-0.2, 0) is 37.2 Å². The van der Waals surface area contributed by atoms with Crippen LogP contribution in [0, 0.1) is 0 Å². The molecule has 0 heterocycles. The molecule has 2 heteroatoms. The second kappa shape index (κ2) is 16.7. The Kier molecular flexibility index (Phi) is 14.3. The average Bonchev–Trinajstić information content (AvgIpc) is 2.82. The first-order chi connectivity index (χ1) is 15.7. The number of hydrogen-bond donors (Lipinski definition) is 0. The van der Waals surface area contributed by atoms with E-state index in [2.05, 4.69) is 85.7 Å². The quantitative estimate of drug-likeness (QED) is 0.166. The van der Waals surface area contributed by atoms with Crippen molar-refractivity contribution in [3.63, 3.8) is 0 Å². The van der Waals surface area contributed by atoms with Crippen LogP contribution in [0.25, 0.3) is 0 Å². The maximum Gasteiger partial charge on any atom is 0.0291 e. The lowest BCUT2D eigenvalue weighted by Crippen LogP contribution is -2.01. The predicted molar refractivity (Wildman–Crippen MR) is 150 cm³/mol. The summed E-state index contributed by atoms with van der Waals surface area (Å²) in [5.74, 6) is 2.26. The maximum absolute atomic E-state index is 2.38. The number of hydrogen-bond acceptors (Lipinski definition) is 2. The maximum atomic E-state index is 2.38. The van der Waals surface area contributed by atoms with Gasteiger partial charge in [-0.25, -0.2) is 0 Å². The number of rotatable bonds is 17. The van der Waals surface area contributed by atoms with Gasteiger partial charge >= 0.3 is 0 Å². The first-order valence-corrected chi connectivity index (χ1v) is 15.7. The third-order valence-corrected chi connectivity index (χ3v) is 8.64. The van der Waals surface area contributed by atoms with Gasteiger partial charge < -0.3 is 0 Å². The molecule has 2 aromatic rings. The Bertz CT molecular complexity index is 700. The Balaban J connectivity index is 2.03. The molecule has 0 saturated heterocycles. The molecule has 0 fully saturated rings. The molecule has 0 radical (unpaired) electrons. The average molecular weight is 471 g/mol. The Hall–Kier alpha value is -0.860. The topological polar surface area (TPSA) is 0 Å². The van der Waals surface area contributed by atoms with Gasteiger partial charge in [-0.2, -0.15) is 0 Å². The summed E-state index contributed by atoms with van der Waals surface area (Å²) in [5, 5.41) is 0. The Morgan fingerprint density at radius 1 is 0.469 bits per heavy atom. The van der Waals surface area contributed by atoms with Crippen molar-refractivity contribution in [3.8, 4) is 0 Å². The molecule has 0 unspecified atom stereocenters. The number of aryl methyl sites for hydroxylation is 2. The Labute approximate surface area is 207 Å². The normalized spacial score (nSPS) is 11.2. The smallest absolute Gasteiger partial charge is 0.0291 e. The van der Waals surface area contributed by atoms with Crippen molar-refractivity contribution in [1.29, 1.82) is 0 Å². The van der Waals surface area contributed by atoms with Gasteiger partial charge in [0.1, 0.15) is 0 Å². The molecular weight excluding hydrogens is 424 g/mol. The van der Waals surface area contributed by atoms with Crippen LogP contribution in [-0.4, -0.2) is 0 Å². The summed E-state index contributed by atoms with van der Waals surface area (Å²) in [6.45, 7) is 9.22. The van der Waals surface area contributed by atoms with Crippen molar-refractivity contribution in [3.05, 3.63) is 69.8 Å². The van der Waals surface area contributed by atoms with Gasteiger partial charge in [-0.1, -0.05) is 111 Å². The first-order valence-electron chi connectivity index (χ1n) is 13.2. The van der Waals surface area contributed by atoms with Crippen LogP contribution < -0.4 is 0 Å². The predicted octanol–water partition coefficient (Wildman–Crippen LogP) is 10.1. The van der Waals surface area contributed by atoms with E-state index in [0.717, 1.165) is 11.5 Å². The minimum atomic E-state index is 1.13. The van der Waals surface area contributed by atoms with E-state index in [4.69, 9.17) is 0 Å². The molecular formula is C30H46S2. The highest BCUT2D eigenvalue weighted by Crippen LogP contribution is 2.34. The third-order valence-electron chi connectivity index (χ3n) is 6.41. The lowest BCUT2D eigenvalue weighted by atomic mass is 9.94. The van der Waals surface area contributed by atoms with Crippen molar-refractivity contribution in [2.45, 2.75) is 116 Å². The summed E-state index contributed by atoms with van der Waals surface area (Å²) in [4.78, 5) is 0. The second-order valence-corrected chi connectivity index (χ2v) is 11.5. The number of benzene rings is 2. The third kappa shape index (κ3) is 9.18. The van der Waals surface area contributed by atoms with E-state index in [1.54, 1.807) is 33.4 Å². The van der Waals surface area contributed by atoms with E-state index in [0.29, 0.717) is 0 Å². The minimum Gasteiger partial charge on any atom is -0.0890 e. The lowest BCUT2D eigenvalue weighted by molar-refractivity contribution is 0.754. The van der Waals surface area contributed by atoms with Gasteiger partial charge in [0.2, 0.25) is 0 Å². The summed E-state index contributed by atoms with van der Waals surface area (Å²) >= 11 is 0. The van der Waals surface area contributed by atoms with Crippen molar-refractivity contribution in [2.24, 2.45) is 0 Å². The molecule has 0 amide bonds. The summed E-state index contributed by atoms with van der Waals surface area (Å²) in [7, 11) is 4.11. The Morgan fingerprint density at radius 2 is 0.812 bits per heavy atom. The fourth-order valence-electron chi connectivity index (χ4n) is 4.41. The van der Waals surface area contributed by atoms with Gasteiger partial charge in [-0.15, -0.1) is 0 Å². The molecule has 2 aromatic carbocycles. The molecule has 0 nitrogen and oxygen atoms in total. The summed E-state index contributed by atoms with van der Waals surface area (Å²) in [5.41, 5.74) is 9.67. The first kappa shape index (κ1) is 27.4. The van der Waals surface area contributed by atoms with E-state index in [9.17, 15) is 0 Å². The molecule has 0 aliphatic heterocycles. The van der Waals surface area contributed by atoms with E-state index < -0.39 is 0 Å². The zero-order valence-corrected chi connectivity index (χ0v) is 22.8. The SMILES string of the molecule is CCCCc1cccc(CSSCc2cccc(CCCC)c2CCCC)c1CCCC. The van der Waals surface area contributed by atoms with E-state index >= 15 is 0 Å². The van der Waals surface area contributed by atoms with Crippen LogP contribution >= 0.6 is 21.6 Å². The largest absolute Gasteiger partial charge is 0.0890 e. The van der Waals surface area contributed by atoms with Gasteiger partial charge in [0, 0.05) is 11.5 Å². The summed E-state index contributed by atoms with van der Waals surface area (Å²) in [6.07, 6.45) is 15.3. The van der Waals surface area contributed by atoms with Gasteiger partial charge in [-0.05, 0) is 84.7 Å². The molecule has 0 atom stereocenters. The standard InChI is InChI=1S/C30H46S2/c1-5-9-15-25-17-13-19-27(29(25)21-11-7-3)23-31-32-24-28-20-14-18-26(16-10-6-2)30(28)22-12-8-4/h13-14,17-20H,5-12,15-16,21-24H2,1-4H3. The second-order valence-electron chi connectivity index (χ2n) is 9.05. The van der Waals surface area contributed by atoms with Crippen LogP contribution in [0.15, 0.2) is 36.4 Å². The molecule has 0 aromatic heterocycles. The van der Waals surface area contributed by atoms with Crippen molar-refractivity contribution in [1.82, 2.24) is 0 Å². The minimum absolute atomic E-state index is 1.13. The summed E-state index contributed by atoms with van der Waals surface area (Å²) in [6, 6.07) is 14.1. The van der Waals surface area contributed by atoms with E-state index in [-0.39, 0.29) is 0 Å². The van der Waals surface area contributed by atoms with Crippen LogP contribution in [0.1, 0.15) is 112 Å². The molecule has 0 N–H and O–H groups in total. The van der Waals surface area contributed by atoms with Gasteiger partial charge in [-0.3, -0.25) is 0 Å². The van der Waals surface area contributed by atoms with Gasteiger partial charge in [0.05, 0.1) is 0 Å². The molecule has 0 bridgehead atoms. The van der Waals surface area contributed by atoms with Crippen LogP contribution in [0.5, 0.6) is 0 Å². The highest BCUT2D eigenvalue weighted by molar-refractivity contribution is 8.76. The summed E-state index contributed by atoms with van der Waals surface area (Å²) < 4.78 is 0. The highest BCUT2D eigenvalue weighted by atomic mass is 33.1. The zero-order valence-electron chi connectivity index (χ0n) is 21.2. The van der Waals surface area contributed by atoms with Crippen molar-refractivity contribution >= 4 is 21.6 Å². The molecule has 0 spiro atoms. The molecule has 0 aliphatic rings. The zero-order chi connectivity index (χ0) is 23.0. The molecule has 0 aliphatic carbocycles. The number of unbranched alkanes of at least 4 members (excludes halogenated alkanes) is 4. The van der Waals surface area contributed by atoms with Crippen LogP contribution in [0.3, 0.4) is 0 Å². The fraction of sp³-hybridized carbons (Fsp3) is 0.600. The van der Waals surface area contributed by atoms with Gasteiger partial charge in [0.25, 0.3) is 0 Å². The van der Waals surface area contributed by atoms with Gasteiger partial charge in [0.15, 0.2) is 0 Å².